The fraction of sp³-hybridized carbons (Fsp3) is 0.917. The highest BCUT2D eigenvalue weighted by Crippen LogP contribution is 2.36. The largest absolute Gasteiger partial charge is 0.337 e. The van der Waals surface area contributed by atoms with Gasteiger partial charge >= 0.3 is 0 Å². The smallest absolute Gasteiger partial charge is 0.236 e. The van der Waals surface area contributed by atoms with Gasteiger partial charge in [-0.2, -0.15) is 0 Å². The molecular weight excluding hydrogens is 224 g/mol. The average Bonchev–Trinajstić information content (AvgIpc) is 2.19. The van der Waals surface area contributed by atoms with Crippen molar-refractivity contribution in [2.45, 2.75) is 45.6 Å². The van der Waals surface area contributed by atoms with Gasteiger partial charge in [0.15, 0.2) is 0 Å². The van der Waals surface area contributed by atoms with E-state index in [4.69, 9.17) is 0 Å². The van der Waals surface area contributed by atoms with E-state index in [0.29, 0.717) is 23.9 Å². The van der Waals surface area contributed by atoms with Crippen LogP contribution in [0, 0.1) is 5.41 Å². The molecule has 1 saturated carbocycles. The lowest BCUT2D eigenvalue weighted by atomic mass is 9.75. The number of rotatable bonds is 1. The molecule has 0 radical (unpaired) electrons. The van der Waals surface area contributed by atoms with Crippen LogP contribution in [0.2, 0.25) is 0 Å². The number of piperazine rings is 1. The van der Waals surface area contributed by atoms with E-state index in [2.05, 4.69) is 24.1 Å². The number of hydrogen-bond acceptors (Lipinski definition) is 2. The van der Waals surface area contributed by atoms with Crippen LogP contribution in [0.5, 0.6) is 0 Å². The molecule has 0 atom stereocenters. The molecule has 1 heterocycles. The number of amides is 1. The van der Waals surface area contributed by atoms with E-state index in [1.54, 1.807) is 0 Å². The molecule has 0 aromatic rings. The van der Waals surface area contributed by atoms with E-state index in [1.807, 2.05) is 0 Å². The summed E-state index contributed by atoms with van der Waals surface area (Å²) in [6, 6.07) is 0.521. The second kappa shape index (κ2) is 5.37. The lowest BCUT2D eigenvalue weighted by Gasteiger charge is -2.41. The molecule has 4 heteroatoms. The third-order valence-electron chi connectivity index (χ3n) is 3.88. The van der Waals surface area contributed by atoms with Crippen molar-refractivity contribution in [3.63, 3.8) is 0 Å². The minimum Gasteiger partial charge on any atom is -0.337 e. The van der Waals surface area contributed by atoms with Crippen LogP contribution in [0.3, 0.4) is 0 Å². The number of halogens is 1. The summed E-state index contributed by atoms with van der Waals surface area (Å²) >= 11 is 0. The first-order valence-corrected chi connectivity index (χ1v) is 6.09. The number of carbonyl (C=O) groups excluding carboxylic acids is 1. The van der Waals surface area contributed by atoms with Crippen LogP contribution in [-0.2, 0) is 4.79 Å². The minimum atomic E-state index is 0. The molecule has 1 amide bonds. The maximum Gasteiger partial charge on any atom is 0.236 e. The number of nitrogens with zero attached hydrogens (tertiary/aromatic N) is 1. The first-order valence-electron chi connectivity index (χ1n) is 6.09. The number of hydrogen-bond donors (Lipinski definition) is 1. The second-order valence-corrected chi connectivity index (χ2v) is 5.66. The molecule has 0 bridgehead atoms. The van der Waals surface area contributed by atoms with E-state index in [0.717, 1.165) is 13.1 Å². The van der Waals surface area contributed by atoms with E-state index < -0.39 is 0 Å². The van der Waals surface area contributed by atoms with Crippen molar-refractivity contribution >= 4 is 18.3 Å². The van der Waals surface area contributed by atoms with Gasteiger partial charge in [0.1, 0.15) is 0 Å². The molecule has 0 aromatic carbocycles. The molecule has 1 saturated heterocycles. The topological polar surface area (TPSA) is 32.3 Å². The van der Waals surface area contributed by atoms with Crippen LogP contribution < -0.4 is 5.32 Å². The predicted molar refractivity (Wildman–Crippen MR) is 67.9 cm³/mol. The molecule has 16 heavy (non-hydrogen) atoms. The van der Waals surface area contributed by atoms with Crippen LogP contribution in [-0.4, -0.2) is 36.5 Å². The molecule has 3 nitrogen and oxygen atoms in total. The molecule has 0 unspecified atom stereocenters. The summed E-state index contributed by atoms with van der Waals surface area (Å²) in [5.74, 6) is 0.297. The van der Waals surface area contributed by atoms with Gasteiger partial charge in [0, 0.05) is 19.1 Å². The molecule has 0 spiro atoms. The maximum absolute atomic E-state index is 11.7. The minimum absolute atomic E-state index is 0. The summed E-state index contributed by atoms with van der Waals surface area (Å²) in [6.07, 6.45) is 4.90. The van der Waals surface area contributed by atoms with Gasteiger partial charge in [-0.1, -0.05) is 13.8 Å². The lowest BCUT2D eigenvalue weighted by molar-refractivity contribution is -0.135. The first kappa shape index (κ1) is 13.8. The predicted octanol–water partition coefficient (Wildman–Crippen LogP) is 1.81. The molecule has 0 aromatic heterocycles. The maximum atomic E-state index is 11.7. The third-order valence-corrected chi connectivity index (χ3v) is 3.88. The normalized spacial score (nSPS) is 26.4. The van der Waals surface area contributed by atoms with Crippen LogP contribution in [0.1, 0.15) is 39.5 Å². The van der Waals surface area contributed by atoms with Crippen LogP contribution in [0.25, 0.3) is 0 Å². The van der Waals surface area contributed by atoms with Crippen molar-refractivity contribution in [1.82, 2.24) is 10.2 Å². The fourth-order valence-corrected chi connectivity index (χ4v) is 2.70. The van der Waals surface area contributed by atoms with Crippen molar-refractivity contribution in [1.29, 1.82) is 0 Å². The SMILES string of the molecule is CC1(C)CCC(N2CCNCC2=O)CC1.Cl. The van der Waals surface area contributed by atoms with Crippen molar-refractivity contribution in [3.05, 3.63) is 0 Å². The van der Waals surface area contributed by atoms with Gasteiger partial charge in [-0.3, -0.25) is 4.79 Å². The van der Waals surface area contributed by atoms with E-state index in [-0.39, 0.29) is 12.4 Å². The van der Waals surface area contributed by atoms with Crippen molar-refractivity contribution in [2.24, 2.45) is 5.41 Å². The molecule has 1 N–H and O–H groups in total. The molecule has 2 rings (SSSR count). The van der Waals surface area contributed by atoms with Crippen molar-refractivity contribution in [3.8, 4) is 0 Å². The zero-order chi connectivity index (χ0) is 10.9. The Morgan fingerprint density at radius 3 is 2.50 bits per heavy atom. The zero-order valence-corrected chi connectivity index (χ0v) is 11.1. The molecule has 2 aliphatic rings. The molecule has 1 aliphatic heterocycles. The van der Waals surface area contributed by atoms with Crippen molar-refractivity contribution < 1.29 is 4.79 Å². The highest BCUT2D eigenvalue weighted by molar-refractivity contribution is 5.85. The summed E-state index contributed by atoms with van der Waals surface area (Å²) in [5.41, 5.74) is 0.494. The molecule has 94 valence electrons. The van der Waals surface area contributed by atoms with Crippen LogP contribution in [0.4, 0.5) is 0 Å². The Kier molecular flexibility index (Phi) is 4.62. The van der Waals surface area contributed by atoms with Crippen molar-refractivity contribution in [2.75, 3.05) is 19.6 Å². The van der Waals surface area contributed by atoms with Gasteiger partial charge < -0.3 is 10.2 Å². The van der Waals surface area contributed by atoms with Gasteiger partial charge in [0.2, 0.25) is 5.91 Å². The van der Waals surface area contributed by atoms with Crippen LogP contribution in [0.15, 0.2) is 0 Å². The Bertz CT molecular complexity index is 245. The number of nitrogens with one attached hydrogen (secondary N) is 1. The molecular formula is C12H23ClN2O. The fourth-order valence-electron chi connectivity index (χ4n) is 2.70. The van der Waals surface area contributed by atoms with Gasteiger partial charge in [0.05, 0.1) is 6.54 Å². The summed E-state index contributed by atoms with van der Waals surface area (Å²) in [5, 5.41) is 3.13. The second-order valence-electron chi connectivity index (χ2n) is 5.66. The average molecular weight is 247 g/mol. The first-order chi connectivity index (χ1) is 7.08. The zero-order valence-electron chi connectivity index (χ0n) is 10.3. The number of carbonyl (C=O) groups is 1. The molecule has 2 fully saturated rings. The highest BCUT2D eigenvalue weighted by atomic mass is 35.5. The Morgan fingerprint density at radius 1 is 1.31 bits per heavy atom. The van der Waals surface area contributed by atoms with Gasteiger partial charge in [-0.05, 0) is 31.1 Å². The van der Waals surface area contributed by atoms with Gasteiger partial charge in [0.25, 0.3) is 0 Å². The lowest BCUT2D eigenvalue weighted by Crippen LogP contribution is -2.53. The standard InChI is InChI=1S/C12H22N2O.ClH/c1-12(2)5-3-10(4-6-12)14-8-7-13-9-11(14)15;/h10,13H,3-9H2,1-2H3;1H. The third kappa shape index (κ3) is 3.11. The Hall–Kier alpha value is -0.280. The van der Waals surface area contributed by atoms with Crippen LogP contribution >= 0.6 is 12.4 Å². The Balaban J connectivity index is 0.00000128. The Morgan fingerprint density at radius 2 is 1.94 bits per heavy atom. The summed E-state index contributed by atoms with van der Waals surface area (Å²) in [4.78, 5) is 13.8. The quantitative estimate of drug-likeness (QED) is 0.766. The van der Waals surface area contributed by atoms with E-state index >= 15 is 0 Å². The van der Waals surface area contributed by atoms with E-state index in [1.165, 1.54) is 25.7 Å². The summed E-state index contributed by atoms with van der Waals surface area (Å²) in [6.45, 7) is 7.08. The molecule has 1 aliphatic carbocycles. The summed E-state index contributed by atoms with van der Waals surface area (Å²) < 4.78 is 0. The van der Waals surface area contributed by atoms with Gasteiger partial charge in [-0.25, -0.2) is 0 Å². The highest BCUT2D eigenvalue weighted by Gasteiger charge is 2.32. The van der Waals surface area contributed by atoms with E-state index in [9.17, 15) is 4.79 Å². The monoisotopic (exact) mass is 246 g/mol. The summed E-state index contributed by atoms with van der Waals surface area (Å²) in [7, 11) is 0. The van der Waals surface area contributed by atoms with Gasteiger partial charge in [-0.15, -0.1) is 12.4 Å². The Labute approximate surface area is 104 Å².